The van der Waals surface area contributed by atoms with Gasteiger partial charge in [0.15, 0.2) is 21.3 Å². The van der Waals surface area contributed by atoms with E-state index in [1.54, 1.807) is 13.0 Å². The first-order chi connectivity index (χ1) is 12.7. The molecule has 0 radical (unpaired) electrons. The van der Waals surface area contributed by atoms with Gasteiger partial charge in [0.1, 0.15) is 12.4 Å². The van der Waals surface area contributed by atoms with Crippen molar-refractivity contribution in [2.24, 2.45) is 0 Å². The summed E-state index contributed by atoms with van der Waals surface area (Å²) in [6.45, 7) is 1.39. The molecule has 1 aliphatic rings. The molecular formula is C17H21N3O6S. The Morgan fingerprint density at radius 1 is 1.30 bits per heavy atom. The summed E-state index contributed by atoms with van der Waals surface area (Å²) >= 11 is 0. The zero-order valence-electron chi connectivity index (χ0n) is 15.3. The summed E-state index contributed by atoms with van der Waals surface area (Å²) in [5.41, 5.74) is 0.0568. The maximum atomic E-state index is 12.8. The third-order valence-corrected chi connectivity index (χ3v) is 6.32. The quantitative estimate of drug-likeness (QED) is 0.759. The van der Waals surface area contributed by atoms with E-state index >= 15 is 0 Å². The number of aromatic nitrogens is 2. The van der Waals surface area contributed by atoms with Crippen molar-refractivity contribution in [2.75, 3.05) is 25.7 Å². The minimum atomic E-state index is -3.09. The van der Waals surface area contributed by atoms with Crippen LogP contribution in [-0.4, -0.2) is 55.6 Å². The fourth-order valence-corrected chi connectivity index (χ4v) is 4.84. The molecule has 1 amide bonds. The number of carbonyl (C=O) groups is 1. The number of hydrogen-bond acceptors (Lipinski definition) is 7. The third-order valence-electron chi connectivity index (χ3n) is 4.55. The first kappa shape index (κ1) is 19.2. The van der Waals surface area contributed by atoms with Crippen molar-refractivity contribution >= 4 is 26.6 Å². The number of aryl methyl sites for hydroxylation is 1. The average molecular weight is 395 g/mol. The van der Waals surface area contributed by atoms with Crippen LogP contribution in [0.1, 0.15) is 12.2 Å². The lowest BCUT2D eigenvalue weighted by atomic mass is 10.2. The van der Waals surface area contributed by atoms with Gasteiger partial charge in [-0.1, -0.05) is 0 Å². The normalized spacial score (nSPS) is 18.4. The maximum Gasteiger partial charge on any atom is 0.262 e. The summed E-state index contributed by atoms with van der Waals surface area (Å²) in [7, 11) is -0.138. The lowest BCUT2D eigenvalue weighted by Crippen LogP contribution is -2.40. The molecule has 1 saturated heterocycles. The molecule has 1 aromatic carbocycles. The molecule has 1 fully saturated rings. The Morgan fingerprint density at radius 3 is 2.56 bits per heavy atom. The Labute approximate surface area is 156 Å². The van der Waals surface area contributed by atoms with E-state index in [-0.39, 0.29) is 23.6 Å². The van der Waals surface area contributed by atoms with Gasteiger partial charge in [-0.3, -0.25) is 14.2 Å². The van der Waals surface area contributed by atoms with E-state index in [0.717, 1.165) is 0 Å². The summed E-state index contributed by atoms with van der Waals surface area (Å²) in [5.74, 6) is 0.780. The van der Waals surface area contributed by atoms with Crippen LogP contribution in [0.5, 0.6) is 11.5 Å². The molecule has 1 aliphatic heterocycles. The van der Waals surface area contributed by atoms with Crippen molar-refractivity contribution in [3.63, 3.8) is 0 Å². The number of sulfone groups is 1. The minimum Gasteiger partial charge on any atom is -0.493 e. The van der Waals surface area contributed by atoms with Crippen molar-refractivity contribution < 1.29 is 22.7 Å². The zero-order chi connectivity index (χ0) is 19.8. The zero-order valence-corrected chi connectivity index (χ0v) is 16.1. The van der Waals surface area contributed by atoms with Crippen LogP contribution < -0.4 is 20.3 Å². The first-order valence-electron chi connectivity index (χ1n) is 8.37. The largest absolute Gasteiger partial charge is 0.493 e. The fourth-order valence-electron chi connectivity index (χ4n) is 3.17. The predicted octanol–water partition coefficient (Wildman–Crippen LogP) is 0.0254. The molecule has 1 N–H and O–H groups in total. The lowest BCUT2D eigenvalue weighted by Gasteiger charge is -2.15. The summed E-state index contributed by atoms with van der Waals surface area (Å²) in [6, 6.07) is 2.72. The topological polar surface area (TPSA) is 117 Å². The summed E-state index contributed by atoms with van der Waals surface area (Å²) < 4.78 is 34.7. The Bertz CT molecular complexity index is 1060. The number of nitrogens with zero attached hydrogens (tertiary/aromatic N) is 2. The highest BCUT2D eigenvalue weighted by Gasteiger charge is 2.29. The molecule has 0 aliphatic carbocycles. The number of amides is 1. The molecule has 27 heavy (non-hydrogen) atoms. The van der Waals surface area contributed by atoms with E-state index < -0.39 is 21.8 Å². The molecule has 1 atom stereocenters. The number of carbonyl (C=O) groups excluding carboxylic acids is 1. The molecule has 3 rings (SSSR count). The van der Waals surface area contributed by atoms with Crippen LogP contribution in [0.25, 0.3) is 10.9 Å². The number of methoxy groups -OCH3 is 2. The second-order valence-corrected chi connectivity index (χ2v) is 8.67. The van der Waals surface area contributed by atoms with Crippen LogP contribution in [0, 0.1) is 6.92 Å². The standard InChI is InChI=1S/C17H21N3O6S/c1-10-18-13-7-15(26-3)14(25-2)6-12(13)17(22)20(10)8-16(21)19-11-4-5-27(23,24)9-11/h6-7,11H,4-5,8-9H2,1-3H3,(H,19,21). The summed E-state index contributed by atoms with van der Waals surface area (Å²) in [4.78, 5) is 29.5. The number of benzene rings is 1. The number of rotatable bonds is 5. The highest BCUT2D eigenvalue weighted by Crippen LogP contribution is 2.30. The van der Waals surface area contributed by atoms with Crippen molar-refractivity contribution in [2.45, 2.75) is 25.9 Å². The van der Waals surface area contributed by atoms with Gasteiger partial charge in [-0.05, 0) is 19.4 Å². The van der Waals surface area contributed by atoms with Crippen molar-refractivity contribution in [3.05, 3.63) is 28.3 Å². The molecule has 2 heterocycles. The van der Waals surface area contributed by atoms with Gasteiger partial charge in [-0.15, -0.1) is 0 Å². The molecular weight excluding hydrogens is 374 g/mol. The van der Waals surface area contributed by atoms with E-state index in [1.165, 1.54) is 24.9 Å². The Hall–Kier alpha value is -2.62. The highest BCUT2D eigenvalue weighted by atomic mass is 32.2. The van der Waals surface area contributed by atoms with E-state index in [2.05, 4.69) is 10.3 Å². The van der Waals surface area contributed by atoms with Gasteiger partial charge in [0.25, 0.3) is 5.56 Å². The number of fused-ring (bicyclic) bond motifs is 1. The Morgan fingerprint density at radius 2 is 1.96 bits per heavy atom. The second kappa shape index (κ2) is 7.18. The molecule has 0 spiro atoms. The van der Waals surface area contributed by atoms with Gasteiger partial charge >= 0.3 is 0 Å². The molecule has 0 bridgehead atoms. The average Bonchev–Trinajstić information content (AvgIpc) is 2.95. The van der Waals surface area contributed by atoms with Gasteiger partial charge in [-0.2, -0.15) is 0 Å². The third kappa shape index (κ3) is 3.90. The van der Waals surface area contributed by atoms with E-state index in [0.29, 0.717) is 34.6 Å². The van der Waals surface area contributed by atoms with Crippen LogP contribution in [0.3, 0.4) is 0 Å². The highest BCUT2D eigenvalue weighted by molar-refractivity contribution is 7.91. The second-order valence-electron chi connectivity index (χ2n) is 6.44. The van der Waals surface area contributed by atoms with E-state index in [4.69, 9.17) is 9.47 Å². The Kier molecular flexibility index (Phi) is 5.09. The van der Waals surface area contributed by atoms with Crippen LogP contribution in [0.15, 0.2) is 16.9 Å². The SMILES string of the molecule is COc1cc2nc(C)n(CC(=O)NC3CCS(=O)(=O)C3)c(=O)c2cc1OC. The molecule has 0 saturated carbocycles. The van der Waals surface area contributed by atoms with E-state index in [1.807, 2.05) is 0 Å². The molecule has 10 heteroatoms. The van der Waals surface area contributed by atoms with Gasteiger partial charge in [0.2, 0.25) is 5.91 Å². The van der Waals surface area contributed by atoms with Crippen molar-refractivity contribution in [1.29, 1.82) is 0 Å². The lowest BCUT2D eigenvalue weighted by molar-refractivity contribution is -0.122. The number of hydrogen-bond donors (Lipinski definition) is 1. The minimum absolute atomic E-state index is 0.0656. The molecule has 1 unspecified atom stereocenters. The van der Waals surface area contributed by atoms with Crippen LogP contribution in [-0.2, 0) is 21.2 Å². The van der Waals surface area contributed by atoms with Crippen LogP contribution in [0.4, 0.5) is 0 Å². The first-order valence-corrected chi connectivity index (χ1v) is 10.2. The molecule has 2 aromatic rings. The molecule has 146 valence electrons. The molecule has 1 aromatic heterocycles. The van der Waals surface area contributed by atoms with Crippen LogP contribution >= 0.6 is 0 Å². The van der Waals surface area contributed by atoms with Gasteiger partial charge in [-0.25, -0.2) is 13.4 Å². The monoisotopic (exact) mass is 395 g/mol. The summed E-state index contributed by atoms with van der Waals surface area (Å²) in [6.07, 6.45) is 0.384. The predicted molar refractivity (Wildman–Crippen MR) is 99.0 cm³/mol. The number of ether oxygens (including phenoxy) is 2. The summed E-state index contributed by atoms with van der Waals surface area (Å²) in [5, 5.41) is 2.98. The van der Waals surface area contributed by atoms with Gasteiger partial charge < -0.3 is 14.8 Å². The maximum absolute atomic E-state index is 12.8. The number of nitrogens with one attached hydrogen (secondary N) is 1. The van der Waals surface area contributed by atoms with Crippen molar-refractivity contribution in [3.8, 4) is 11.5 Å². The van der Waals surface area contributed by atoms with E-state index in [9.17, 15) is 18.0 Å². The smallest absolute Gasteiger partial charge is 0.262 e. The van der Waals surface area contributed by atoms with Gasteiger partial charge in [0, 0.05) is 12.1 Å². The van der Waals surface area contributed by atoms with Crippen LogP contribution in [0.2, 0.25) is 0 Å². The van der Waals surface area contributed by atoms with Gasteiger partial charge in [0.05, 0.1) is 36.6 Å². The fraction of sp³-hybridized carbons (Fsp3) is 0.471. The van der Waals surface area contributed by atoms with Crippen molar-refractivity contribution in [1.82, 2.24) is 14.9 Å². The molecule has 9 nitrogen and oxygen atoms in total. The Balaban J connectivity index is 1.90.